The van der Waals surface area contributed by atoms with Gasteiger partial charge in [0.2, 0.25) is 0 Å². The molecule has 4 rings (SSSR count). The van der Waals surface area contributed by atoms with E-state index in [1.165, 1.54) is 0 Å². The SMILES string of the molecule is COCO[C@@H]1C(O)(C(O)c2ccccc2)C[C@@]2(C)Oc3c(cc(COC)cc3OC)C[C@@H]2C1(C)C. The summed E-state index contributed by atoms with van der Waals surface area (Å²) in [6, 6.07) is 13.2. The van der Waals surface area contributed by atoms with Gasteiger partial charge < -0.3 is 33.9 Å². The van der Waals surface area contributed by atoms with Crippen LogP contribution in [0, 0.1) is 11.3 Å². The van der Waals surface area contributed by atoms with Crippen LogP contribution in [0.4, 0.5) is 0 Å². The predicted octanol–water partition coefficient (Wildman–Crippen LogP) is 4.04. The maximum Gasteiger partial charge on any atom is 0.165 e. The van der Waals surface area contributed by atoms with Crippen molar-refractivity contribution < 1.29 is 33.9 Å². The molecule has 2 unspecified atom stereocenters. The van der Waals surface area contributed by atoms with Gasteiger partial charge in [0.1, 0.15) is 24.1 Å². The molecule has 0 bridgehead atoms. The molecule has 0 spiro atoms. The van der Waals surface area contributed by atoms with Crippen LogP contribution in [0.15, 0.2) is 42.5 Å². The Bertz CT molecular complexity index is 1020. The van der Waals surface area contributed by atoms with Crippen molar-refractivity contribution >= 4 is 0 Å². The van der Waals surface area contributed by atoms with E-state index in [2.05, 4.69) is 19.9 Å². The minimum atomic E-state index is -1.63. The van der Waals surface area contributed by atoms with E-state index < -0.39 is 28.8 Å². The molecule has 7 heteroatoms. The van der Waals surface area contributed by atoms with Crippen LogP contribution in [0.1, 0.15) is 50.0 Å². The summed E-state index contributed by atoms with van der Waals surface area (Å²) < 4.78 is 29.2. The number of fused-ring (bicyclic) bond motifs is 2. The van der Waals surface area contributed by atoms with Crippen molar-refractivity contribution in [2.45, 2.75) is 63.6 Å². The summed E-state index contributed by atoms with van der Waals surface area (Å²) in [5.41, 5.74) is -0.340. The lowest BCUT2D eigenvalue weighted by Crippen LogP contribution is -2.70. The zero-order chi connectivity index (χ0) is 25.4. The molecule has 2 aromatic carbocycles. The smallest absolute Gasteiger partial charge is 0.165 e. The molecule has 0 radical (unpaired) electrons. The summed E-state index contributed by atoms with van der Waals surface area (Å²) in [6.45, 7) is 6.63. The molecule has 1 aliphatic carbocycles. The number of rotatable bonds is 8. The molecule has 0 aromatic heterocycles. The van der Waals surface area contributed by atoms with Gasteiger partial charge in [0.05, 0.1) is 19.8 Å². The van der Waals surface area contributed by atoms with Crippen molar-refractivity contribution in [3.8, 4) is 11.5 Å². The van der Waals surface area contributed by atoms with Gasteiger partial charge in [0.15, 0.2) is 11.5 Å². The molecule has 192 valence electrons. The van der Waals surface area contributed by atoms with E-state index in [1.54, 1.807) is 21.3 Å². The molecule has 7 nitrogen and oxygen atoms in total. The maximum atomic E-state index is 12.2. The van der Waals surface area contributed by atoms with Gasteiger partial charge in [-0.3, -0.25) is 0 Å². The highest BCUT2D eigenvalue weighted by Gasteiger charge is 2.66. The van der Waals surface area contributed by atoms with E-state index in [1.807, 2.05) is 43.3 Å². The topological polar surface area (TPSA) is 86.6 Å². The second-order valence-corrected chi connectivity index (χ2v) is 10.6. The fourth-order valence-corrected chi connectivity index (χ4v) is 6.48. The Balaban J connectivity index is 1.82. The van der Waals surface area contributed by atoms with Gasteiger partial charge in [0, 0.05) is 32.0 Å². The summed E-state index contributed by atoms with van der Waals surface area (Å²) in [7, 11) is 4.84. The highest BCUT2D eigenvalue weighted by Crippen LogP contribution is 2.60. The quantitative estimate of drug-likeness (QED) is 0.545. The minimum Gasteiger partial charge on any atom is -0.493 e. The summed E-state index contributed by atoms with van der Waals surface area (Å²) in [5.74, 6) is 1.29. The van der Waals surface area contributed by atoms with Crippen LogP contribution < -0.4 is 9.47 Å². The van der Waals surface area contributed by atoms with Gasteiger partial charge in [-0.25, -0.2) is 0 Å². The van der Waals surface area contributed by atoms with Crippen LogP contribution in [0.25, 0.3) is 0 Å². The zero-order valence-corrected chi connectivity index (χ0v) is 21.5. The van der Waals surface area contributed by atoms with Crippen molar-refractivity contribution in [1.82, 2.24) is 0 Å². The highest BCUT2D eigenvalue weighted by molar-refractivity contribution is 5.52. The molecular formula is C28H38O7. The summed E-state index contributed by atoms with van der Waals surface area (Å²) in [4.78, 5) is 0. The molecule has 35 heavy (non-hydrogen) atoms. The Labute approximate surface area is 207 Å². The number of ether oxygens (including phenoxy) is 5. The summed E-state index contributed by atoms with van der Waals surface area (Å²) >= 11 is 0. The van der Waals surface area contributed by atoms with Crippen molar-refractivity contribution in [3.05, 3.63) is 59.2 Å². The Morgan fingerprint density at radius 3 is 2.40 bits per heavy atom. The molecule has 0 amide bonds. The Hall–Kier alpha value is -2.16. The van der Waals surface area contributed by atoms with Gasteiger partial charge >= 0.3 is 0 Å². The van der Waals surface area contributed by atoms with Crippen LogP contribution in [0.5, 0.6) is 11.5 Å². The van der Waals surface area contributed by atoms with E-state index in [9.17, 15) is 10.2 Å². The average Bonchev–Trinajstić information content (AvgIpc) is 2.83. The second kappa shape index (κ2) is 9.71. The van der Waals surface area contributed by atoms with Crippen molar-refractivity contribution in [2.75, 3.05) is 28.1 Å². The Morgan fingerprint density at radius 1 is 1.06 bits per heavy atom. The highest BCUT2D eigenvalue weighted by atomic mass is 16.7. The van der Waals surface area contributed by atoms with Gasteiger partial charge in [0.25, 0.3) is 0 Å². The molecular weight excluding hydrogens is 448 g/mol. The number of benzene rings is 2. The zero-order valence-electron chi connectivity index (χ0n) is 21.5. The third-order valence-electron chi connectivity index (χ3n) is 7.82. The van der Waals surface area contributed by atoms with Crippen LogP contribution in [-0.2, 0) is 27.2 Å². The molecule has 1 fully saturated rings. The normalized spacial score (nSPS) is 30.1. The standard InChI is InChI=1S/C28H38O7/c1-26(2)22-14-20-12-18(15-31-4)13-21(33-6)23(20)35-27(22,3)16-28(30,25(26)34-17-32-5)24(29)19-10-8-7-9-11-19/h7-13,22,24-25,29-30H,14-17H2,1-6H3/t22-,24?,25+,27-,28?/m1/s1. The van der Waals surface area contributed by atoms with E-state index in [0.717, 1.165) is 11.1 Å². The Morgan fingerprint density at radius 2 is 1.77 bits per heavy atom. The number of hydrogen-bond acceptors (Lipinski definition) is 7. The molecule has 0 saturated heterocycles. The first kappa shape index (κ1) is 25.9. The van der Waals surface area contributed by atoms with Crippen molar-refractivity contribution in [1.29, 1.82) is 0 Å². The number of methoxy groups -OCH3 is 3. The van der Waals surface area contributed by atoms with Gasteiger partial charge in [-0.05, 0) is 42.2 Å². The fourth-order valence-electron chi connectivity index (χ4n) is 6.48. The van der Waals surface area contributed by atoms with Crippen LogP contribution in [0.2, 0.25) is 0 Å². The molecule has 2 aromatic rings. The molecule has 1 aliphatic heterocycles. The molecule has 5 atom stereocenters. The predicted molar refractivity (Wildman–Crippen MR) is 131 cm³/mol. The molecule has 1 heterocycles. The van der Waals surface area contributed by atoms with Crippen molar-refractivity contribution in [2.24, 2.45) is 11.3 Å². The lowest BCUT2D eigenvalue weighted by atomic mass is 9.52. The second-order valence-electron chi connectivity index (χ2n) is 10.6. The van der Waals surface area contributed by atoms with Crippen molar-refractivity contribution in [3.63, 3.8) is 0 Å². The van der Waals surface area contributed by atoms with Crippen LogP contribution >= 0.6 is 0 Å². The first-order chi connectivity index (χ1) is 16.6. The Kier molecular flexibility index (Phi) is 7.19. The summed E-state index contributed by atoms with van der Waals surface area (Å²) in [5, 5.41) is 23.8. The maximum absolute atomic E-state index is 12.2. The van der Waals surface area contributed by atoms with E-state index in [-0.39, 0.29) is 19.1 Å². The monoisotopic (exact) mass is 486 g/mol. The van der Waals surface area contributed by atoms with E-state index in [4.69, 9.17) is 23.7 Å². The average molecular weight is 487 g/mol. The number of aliphatic hydroxyl groups is 2. The summed E-state index contributed by atoms with van der Waals surface area (Å²) in [6.07, 6.45) is -1.02. The largest absolute Gasteiger partial charge is 0.493 e. The molecule has 2 aliphatic rings. The lowest BCUT2D eigenvalue weighted by molar-refractivity contribution is -0.290. The first-order valence-corrected chi connectivity index (χ1v) is 12.0. The number of aliphatic hydroxyl groups excluding tert-OH is 1. The van der Waals surface area contributed by atoms with Gasteiger partial charge in [-0.15, -0.1) is 0 Å². The van der Waals surface area contributed by atoms with E-state index >= 15 is 0 Å². The van der Waals surface area contributed by atoms with Crippen LogP contribution in [-0.4, -0.2) is 55.6 Å². The lowest BCUT2D eigenvalue weighted by Gasteiger charge is -2.62. The minimum absolute atomic E-state index is 0.00457. The first-order valence-electron chi connectivity index (χ1n) is 12.0. The third-order valence-corrected chi connectivity index (χ3v) is 7.82. The number of hydrogen-bond donors (Lipinski definition) is 2. The van der Waals surface area contributed by atoms with Gasteiger partial charge in [-0.2, -0.15) is 0 Å². The third kappa shape index (κ3) is 4.45. The molecule has 1 saturated carbocycles. The van der Waals surface area contributed by atoms with Crippen LogP contribution in [0.3, 0.4) is 0 Å². The fraction of sp³-hybridized carbons (Fsp3) is 0.571. The van der Waals surface area contributed by atoms with E-state index in [0.29, 0.717) is 30.1 Å². The molecule has 2 N–H and O–H groups in total. The van der Waals surface area contributed by atoms with Gasteiger partial charge in [-0.1, -0.05) is 44.2 Å².